The Labute approximate surface area is 116 Å². The molecular formula is C14H18F3NO2. The van der Waals surface area contributed by atoms with Crippen molar-refractivity contribution < 1.29 is 22.7 Å². The molecule has 0 radical (unpaired) electrons. The van der Waals surface area contributed by atoms with Crippen molar-refractivity contribution in [3.63, 3.8) is 0 Å². The minimum atomic E-state index is -4.52. The Bertz CT molecular complexity index is 482. The molecule has 20 heavy (non-hydrogen) atoms. The van der Waals surface area contributed by atoms with Gasteiger partial charge in [0, 0.05) is 6.20 Å². The normalized spacial score (nSPS) is 12.1. The van der Waals surface area contributed by atoms with E-state index in [1.165, 1.54) is 0 Å². The highest BCUT2D eigenvalue weighted by molar-refractivity contribution is 5.90. The minimum Gasteiger partial charge on any atom is -0.459 e. The average molecular weight is 289 g/mol. The van der Waals surface area contributed by atoms with E-state index in [0.29, 0.717) is 12.0 Å². The molecular weight excluding hydrogens is 271 g/mol. The lowest BCUT2D eigenvalue weighted by molar-refractivity contribution is -0.141. The zero-order valence-corrected chi connectivity index (χ0v) is 11.9. The topological polar surface area (TPSA) is 39.2 Å². The van der Waals surface area contributed by atoms with E-state index in [-0.39, 0.29) is 17.6 Å². The predicted molar refractivity (Wildman–Crippen MR) is 68.3 cm³/mol. The summed E-state index contributed by atoms with van der Waals surface area (Å²) in [5, 5.41) is 0. The molecule has 0 unspecified atom stereocenters. The van der Waals surface area contributed by atoms with Gasteiger partial charge in [-0.15, -0.1) is 0 Å². The number of alkyl halides is 3. The van der Waals surface area contributed by atoms with Crippen LogP contribution >= 0.6 is 0 Å². The molecule has 0 saturated carbocycles. The van der Waals surface area contributed by atoms with E-state index < -0.39 is 17.8 Å². The summed E-state index contributed by atoms with van der Waals surface area (Å²) in [6.07, 6.45) is -3.55. The first kappa shape index (κ1) is 16.5. The molecule has 1 heterocycles. The van der Waals surface area contributed by atoms with Gasteiger partial charge in [0.15, 0.2) is 0 Å². The Morgan fingerprint density at radius 2 is 1.90 bits per heavy atom. The van der Waals surface area contributed by atoms with E-state index in [0.717, 1.165) is 12.3 Å². The number of carbonyl (C=O) groups is 1. The molecule has 3 nitrogen and oxygen atoms in total. The third-order valence-electron chi connectivity index (χ3n) is 2.47. The number of nitrogens with zero attached hydrogens (tertiary/aromatic N) is 1. The van der Waals surface area contributed by atoms with Gasteiger partial charge in [-0.1, -0.05) is 13.8 Å². The van der Waals surface area contributed by atoms with E-state index >= 15 is 0 Å². The first-order valence-corrected chi connectivity index (χ1v) is 6.38. The van der Waals surface area contributed by atoms with Gasteiger partial charge in [0.05, 0.1) is 11.7 Å². The summed E-state index contributed by atoms with van der Waals surface area (Å²) in [4.78, 5) is 15.2. The number of hydrogen-bond donors (Lipinski definition) is 0. The van der Waals surface area contributed by atoms with Crippen molar-refractivity contribution in [3.8, 4) is 0 Å². The fourth-order valence-electron chi connectivity index (χ4n) is 1.72. The Morgan fingerprint density at radius 3 is 2.35 bits per heavy atom. The summed E-state index contributed by atoms with van der Waals surface area (Å²) >= 11 is 0. The van der Waals surface area contributed by atoms with Gasteiger partial charge in [-0.3, -0.25) is 4.98 Å². The molecule has 0 aromatic carbocycles. The molecule has 0 aliphatic heterocycles. The van der Waals surface area contributed by atoms with E-state index in [1.807, 2.05) is 13.8 Å². The summed E-state index contributed by atoms with van der Waals surface area (Å²) in [5.41, 5.74) is -0.581. The third kappa shape index (κ3) is 4.51. The minimum absolute atomic E-state index is 0.0976. The van der Waals surface area contributed by atoms with Crippen LogP contribution < -0.4 is 0 Å². The van der Waals surface area contributed by atoms with Crippen LogP contribution in [0.25, 0.3) is 0 Å². The number of aromatic nitrogens is 1. The van der Waals surface area contributed by atoms with E-state index in [9.17, 15) is 18.0 Å². The van der Waals surface area contributed by atoms with Gasteiger partial charge < -0.3 is 4.74 Å². The standard InChI is InChI=1S/C14H18F3NO2/c1-8(2)5-10-6-12(14(15,16)17)18-7-11(10)13(19)20-9(3)4/h6-9H,5H2,1-4H3. The van der Waals surface area contributed by atoms with Crippen LogP contribution in [0.5, 0.6) is 0 Å². The Hall–Kier alpha value is -1.59. The van der Waals surface area contributed by atoms with Crippen LogP contribution in [-0.4, -0.2) is 17.1 Å². The molecule has 0 amide bonds. The van der Waals surface area contributed by atoms with E-state index in [4.69, 9.17) is 4.74 Å². The van der Waals surface area contributed by atoms with Crippen molar-refractivity contribution in [1.82, 2.24) is 4.98 Å². The maximum Gasteiger partial charge on any atom is 0.433 e. The smallest absolute Gasteiger partial charge is 0.433 e. The summed E-state index contributed by atoms with van der Waals surface area (Å²) in [6.45, 7) is 7.09. The van der Waals surface area contributed by atoms with Gasteiger partial charge in [-0.25, -0.2) is 4.79 Å². The lowest BCUT2D eigenvalue weighted by atomic mass is 9.98. The van der Waals surface area contributed by atoms with Crippen LogP contribution in [0.3, 0.4) is 0 Å². The van der Waals surface area contributed by atoms with Crippen LogP contribution in [0.2, 0.25) is 0 Å². The molecule has 0 aliphatic rings. The van der Waals surface area contributed by atoms with Crippen molar-refractivity contribution in [2.24, 2.45) is 5.92 Å². The van der Waals surface area contributed by atoms with E-state index in [1.54, 1.807) is 13.8 Å². The van der Waals surface area contributed by atoms with Gasteiger partial charge in [0.2, 0.25) is 0 Å². The van der Waals surface area contributed by atoms with Crippen LogP contribution in [0.15, 0.2) is 12.3 Å². The summed E-state index contributed by atoms with van der Waals surface area (Å²) in [5.74, 6) is -0.527. The quantitative estimate of drug-likeness (QED) is 0.790. The second kappa shape index (κ2) is 6.24. The molecule has 1 rings (SSSR count). The van der Waals surface area contributed by atoms with Crippen LogP contribution in [0.4, 0.5) is 13.2 Å². The van der Waals surface area contributed by atoms with Crippen molar-refractivity contribution in [1.29, 1.82) is 0 Å². The monoisotopic (exact) mass is 289 g/mol. The maximum absolute atomic E-state index is 12.7. The van der Waals surface area contributed by atoms with Gasteiger partial charge in [0.1, 0.15) is 5.69 Å². The second-order valence-corrected chi connectivity index (χ2v) is 5.28. The lowest BCUT2D eigenvalue weighted by Crippen LogP contribution is -2.17. The zero-order valence-electron chi connectivity index (χ0n) is 11.9. The highest BCUT2D eigenvalue weighted by Crippen LogP contribution is 2.29. The Morgan fingerprint density at radius 1 is 1.30 bits per heavy atom. The molecule has 112 valence electrons. The number of esters is 1. The first-order chi connectivity index (χ1) is 9.11. The van der Waals surface area contributed by atoms with Crippen LogP contribution in [0, 0.1) is 5.92 Å². The van der Waals surface area contributed by atoms with Gasteiger partial charge in [-0.2, -0.15) is 13.2 Å². The molecule has 0 spiro atoms. The van der Waals surface area contributed by atoms with Crippen molar-refractivity contribution in [2.75, 3.05) is 0 Å². The number of halogens is 3. The highest BCUT2D eigenvalue weighted by Gasteiger charge is 2.33. The Balaban J connectivity index is 3.20. The molecule has 0 atom stereocenters. The predicted octanol–water partition coefficient (Wildman–Crippen LogP) is 3.86. The Kier molecular flexibility index (Phi) is 5.14. The van der Waals surface area contributed by atoms with Gasteiger partial charge in [-0.05, 0) is 37.8 Å². The number of rotatable bonds is 4. The highest BCUT2D eigenvalue weighted by atomic mass is 19.4. The summed E-state index contributed by atoms with van der Waals surface area (Å²) in [7, 11) is 0. The molecule has 0 saturated heterocycles. The second-order valence-electron chi connectivity index (χ2n) is 5.28. The number of pyridine rings is 1. The van der Waals surface area contributed by atoms with Crippen molar-refractivity contribution in [2.45, 2.75) is 46.4 Å². The maximum atomic E-state index is 12.7. The fraction of sp³-hybridized carbons (Fsp3) is 0.571. The van der Waals surface area contributed by atoms with Gasteiger partial charge >= 0.3 is 12.1 Å². The molecule has 6 heteroatoms. The molecule has 0 fully saturated rings. The van der Waals surface area contributed by atoms with Crippen LogP contribution in [0.1, 0.15) is 49.3 Å². The largest absolute Gasteiger partial charge is 0.459 e. The molecule has 0 aliphatic carbocycles. The zero-order chi connectivity index (χ0) is 15.5. The number of carbonyl (C=O) groups excluding carboxylic acids is 1. The lowest BCUT2D eigenvalue weighted by Gasteiger charge is -2.15. The van der Waals surface area contributed by atoms with Crippen molar-refractivity contribution >= 4 is 5.97 Å². The SMILES string of the molecule is CC(C)Cc1cc(C(F)(F)F)ncc1C(=O)OC(C)C. The molecule has 1 aromatic heterocycles. The molecule has 0 bridgehead atoms. The first-order valence-electron chi connectivity index (χ1n) is 6.38. The van der Waals surface area contributed by atoms with Crippen LogP contribution in [-0.2, 0) is 17.3 Å². The fourth-order valence-corrected chi connectivity index (χ4v) is 1.72. The summed E-state index contributed by atoms with van der Waals surface area (Å²) < 4.78 is 43.0. The summed E-state index contributed by atoms with van der Waals surface area (Å²) in [6, 6.07) is 0.927. The average Bonchev–Trinajstić information content (AvgIpc) is 2.25. The number of hydrogen-bond acceptors (Lipinski definition) is 3. The third-order valence-corrected chi connectivity index (χ3v) is 2.47. The number of ether oxygens (including phenoxy) is 1. The van der Waals surface area contributed by atoms with Gasteiger partial charge in [0.25, 0.3) is 0 Å². The van der Waals surface area contributed by atoms with Crippen molar-refractivity contribution in [3.05, 3.63) is 29.1 Å². The molecule has 1 aromatic rings. The van der Waals surface area contributed by atoms with E-state index in [2.05, 4.69) is 4.98 Å². The molecule has 0 N–H and O–H groups in total.